The predicted molar refractivity (Wildman–Crippen MR) is 78.0 cm³/mol. The second-order valence-corrected chi connectivity index (χ2v) is 6.41. The number of aryl methyl sites for hydroxylation is 2. The SMILES string of the molecule is NC(Cc1cccc(F)c1)c1cc2c(s1)CCCC2. The van der Waals surface area contributed by atoms with Crippen LogP contribution in [0.15, 0.2) is 30.3 Å². The monoisotopic (exact) mass is 275 g/mol. The zero-order chi connectivity index (χ0) is 13.2. The number of halogens is 1. The summed E-state index contributed by atoms with van der Waals surface area (Å²) in [6.45, 7) is 0. The lowest BCUT2D eigenvalue weighted by Gasteiger charge is -2.09. The van der Waals surface area contributed by atoms with Crippen LogP contribution in [0.2, 0.25) is 0 Å². The highest BCUT2D eigenvalue weighted by molar-refractivity contribution is 7.12. The Hall–Kier alpha value is -1.19. The minimum atomic E-state index is -0.185. The van der Waals surface area contributed by atoms with Crippen molar-refractivity contribution < 1.29 is 4.39 Å². The van der Waals surface area contributed by atoms with Gasteiger partial charge in [-0.15, -0.1) is 11.3 Å². The van der Waals surface area contributed by atoms with Gasteiger partial charge in [-0.2, -0.15) is 0 Å². The molecular weight excluding hydrogens is 257 g/mol. The Labute approximate surface area is 117 Å². The first kappa shape index (κ1) is 12.8. The Morgan fingerprint density at radius 2 is 2.05 bits per heavy atom. The van der Waals surface area contributed by atoms with E-state index in [0.717, 1.165) is 5.56 Å². The van der Waals surface area contributed by atoms with Crippen LogP contribution >= 0.6 is 11.3 Å². The highest BCUT2D eigenvalue weighted by atomic mass is 32.1. The number of thiophene rings is 1. The molecule has 1 heterocycles. The summed E-state index contributed by atoms with van der Waals surface area (Å²) in [6, 6.07) is 8.99. The second kappa shape index (κ2) is 5.43. The quantitative estimate of drug-likeness (QED) is 0.900. The van der Waals surface area contributed by atoms with E-state index in [4.69, 9.17) is 5.73 Å². The molecule has 1 unspecified atom stereocenters. The van der Waals surface area contributed by atoms with Crippen LogP contribution in [0.4, 0.5) is 4.39 Å². The van der Waals surface area contributed by atoms with Gasteiger partial charge in [0, 0.05) is 15.8 Å². The fourth-order valence-corrected chi connectivity index (χ4v) is 3.97. The number of benzene rings is 1. The third-order valence-electron chi connectivity index (χ3n) is 3.73. The molecule has 0 bridgehead atoms. The molecule has 1 atom stereocenters. The van der Waals surface area contributed by atoms with Crippen molar-refractivity contribution in [3.63, 3.8) is 0 Å². The van der Waals surface area contributed by atoms with Crippen LogP contribution in [0.1, 0.15) is 39.8 Å². The van der Waals surface area contributed by atoms with Crippen LogP contribution in [0, 0.1) is 5.82 Å². The van der Waals surface area contributed by atoms with E-state index in [1.54, 1.807) is 12.1 Å². The number of fused-ring (bicyclic) bond motifs is 1. The van der Waals surface area contributed by atoms with E-state index in [0.29, 0.717) is 6.42 Å². The van der Waals surface area contributed by atoms with Crippen molar-refractivity contribution in [3.8, 4) is 0 Å². The van der Waals surface area contributed by atoms with E-state index in [1.165, 1.54) is 47.1 Å². The molecule has 0 saturated carbocycles. The third kappa shape index (κ3) is 2.88. The van der Waals surface area contributed by atoms with Gasteiger partial charge < -0.3 is 5.73 Å². The van der Waals surface area contributed by atoms with Gasteiger partial charge in [-0.05, 0) is 61.4 Å². The van der Waals surface area contributed by atoms with E-state index in [-0.39, 0.29) is 11.9 Å². The van der Waals surface area contributed by atoms with Crippen molar-refractivity contribution in [2.24, 2.45) is 5.73 Å². The summed E-state index contributed by atoms with van der Waals surface area (Å²) in [5.74, 6) is -0.185. The van der Waals surface area contributed by atoms with Crippen molar-refractivity contribution >= 4 is 11.3 Å². The number of nitrogens with two attached hydrogens (primary N) is 1. The van der Waals surface area contributed by atoms with Crippen LogP contribution in [0.3, 0.4) is 0 Å². The van der Waals surface area contributed by atoms with Crippen molar-refractivity contribution in [1.82, 2.24) is 0 Å². The maximum absolute atomic E-state index is 13.2. The van der Waals surface area contributed by atoms with Crippen LogP contribution in [-0.4, -0.2) is 0 Å². The normalized spacial score (nSPS) is 16.1. The average Bonchev–Trinajstić information content (AvgIpc) is 2.82. The minimum Gasteiger partial charge on any atom is -0.323 e. The molecule has 2 N–H and O–H groups in total. The molecule has 1 aromatic heterocycles. The van der Waals surface area contributed by atoms with Gasteiger partial charge >= 0.3 is 0 Å². The molecular formula is C16H18FNS. The second-order valence-electron chi connectivity index (χ2n) is 5.24. The largest absolute Gasteiger partial charge is 0.323 e. The molecule has 3 heteroatoms. The number of hydrogen-bond acceptors (Lipinski definition) is 2. The summed E-state index contributed by atoms with van der Waals surface area (Å²) in [7, 11) is 0. The van der Waals surface area contributed by atoms with Crippen LogP contribution in [0.25, 0.3) is 0 Å². The molecule has 1 aliphatic rings. The Kier molecular flexibility index (Phi) is 3.67. The van der Waals surface area contributed by atoms with E-state index >= 15 is 0 Å². The minimum absolute atomic E-state index is 0.0163. The van der Waals surface area contributed by atoms with Crippen LogP contribution in [-0.2, 0) is 19.3 Å². The first-order chi connectivity index (χ1) is 9.22. The smallest absolute Gasteiger partial charge is 0.123 e. The lowest BCUT2D eigenvalue weighted by molar-refractivity contribution is 0.622. The van der Waals surface area contributed by atoms with Gasteiger partial charge in [0.05, 0.1) is 0 Å². The predicted octanol–water partition coefficient (Wildman–Crippen LogP) is 4.01. The molecule has 0 aliphatic heterocycles. The number of hydrogen-bond donors (Lipinski definition) is 1. The summed E-state index contributed by atoms with van der Waals surface area (Å²) in [4.78, 5) is 2.76. The Balaban J connectivity index is 1.76. The molecule has 0 amide bonds. The van der Waals surface area contributed by atoms with Crippen molar-refractivity contribution in [2.45, 2.75) is 38.1 Å². The number of rotatable bonds is 3. The van der Waals surface area contributed by atoms with E-state index in [1.807, 2.05) is 17.4 Å². The molecule has 1 aliphatic carbocycles. The summed E-state index contributed by atoms with van der Waals surface area (Å²) < 4.78 is 13.2. The van der Waals surface area contributed by atoms with Gasteiger partial charge in [0.1, 0.15) is 5.82 Å². The lowest BCUT2D eigenvalue weighted by atomic mass is 9.98. The molecule has 2 aromatic rings. The molecule has 1 nitrogen and oxygen atoms in total. The molecule has 0 saturated heterocycles. The van der Waals surface area contributed by atoms with Gasteiger partial charge in [0.25, 0.3) is 0 Å². The van der Waals surface area contributed by atoms with Crippen LogP contribution in [0.5, 0.6) is 0 Å². The summed E-state index contributed by atoms with van der Waals surface area (Å²) in [5.41, 5.74) is 8.74. The van der Waals surface area contributed by atoms with E-state index in [2.05, 4.69) is 6.07 Å². The van der Waals surface area contributed by atoms with E-state index < -0.39 is 0 Å². The van der Waals surface area contributed by atoms with Gasteiger partial charge in [-0.3, -0.25) is 0 Å². The summed E-state index contributed by atoms with van der Waals surface area (Å²) >= 11 is 1.85. The lowest BCUT2D eigenvalue weighted by Crippen LogP contribution is -2.11. The molecule has 19 heavy (non-hydrogen) atoms. The Morgan fingerprint density at radius 3 is 2.84 bits per heavy atom. The maximum atomic E-state index is 13.2. The van der Waals surface area contributed by atoms with Crippen molar-refractivity contribution in [2.75, 3.05) is 0 Å². The Bertz CT molecular complexity index is 552. The van der Waals surface area contributed by atoms with Crippen molar-refractivity contribution in [3.05, 3.63) is 57.0 Å². The average molecular weight is 275 g/mol. The molecule has 0 fully saturated rings. The first-order valence-corrected chi connectivity index (χ1v) is 7.65. The highest BCUT2D eigenvalue weighted by Gasteiger charge is 2.17. The maximum Gasteiger partial charge on any atom is 0.123 e. The molecule has 100 valence electrons. The standard InChI is InChI=1S/C16H18FNS/c17-13-6-3-4-11(8-13)9-14(18)16-10-12-5-1-2-7-15(12)19-16/h3-4,6,8,10,14H,1-2,5,7,9,18H2. The topological polar surface area (TPSA) is 26.0 Å². The van der Waals surface area contributed by atoms with Gasteiger partial charge in [0.2, 0.25) is 0 Å². The Morgan fingerprint density at radius 1 is 1.21 bits per heavy atom. The fraction of sp³-hybridized carbons (Fsp3) is 0.375. The molecule has 0 spiro atoms. The summed E-state index contributed by atoms with van der Waals surface area (Å²) in [5, 5.41) is 0. The highest BCUT2D eigenvalue weighted by Crippen LogP contribution is 2.33. The third-order valence-corrected chi connectivity index (χ3v) is 5.09. The van der Waals surface area contributed by atoms with Crippen LogP contribution < -0.4 is 5.73 Å². The fourth-order valence-electron chi connectivity index (χ4n) is 2.71. The van der Waals surface area contributed by atoms with Gasteiger partial charge in [-0.1, -0.05) is 12.1 Å². The van der Waals surface area contributed by atoms with Gasteiger partial charge in [-0.25, -0.2) is 4.39 Å². The zero-order valence-electron chi connectivity index (χ0n) is 10.9. The van der Waals surface area contributed by atoms with Gasteiger partial charge in [0.15, 0.2) is 0 Å². The molecule has 3 rings (SSSR count). The van der Waals surface area contributed by atoms with E-state index in [9.17, 15) is 4.39 Å². The molecule has 1 aromatic carbocycles. The first-order valence-electron chi connectivity index (χ1n) is 6.84. The zero-order valence-corrected chi connectivity index (χ0v) is 11.7. The summed E-state index contributed by atoms with van der Waals surface area (Å²) in [6.07, 6.45) is 5.69. The van der Waals surface area contributed by atoms with Crippen molar-refractivity contribution in [1.29, 1.82) is 0 Å². The molecule has 0 radical (unpaired) electrons.